The Labute approximate surface area is 110 Å². The molecule has 0 aliphatic carbocycles. The van der Waals surface area contributed by atoms with E-state index in [2.05, 4.69) is 11.1 Å². The van der Waals surface area contributed by atoms with Crippen LogP contribution in [0.1, 0.15) is 18.9 Å². The van der Waals surface area contributed by atoms with Gasteiger partial charge < -0.3 is 0 Å². The second-order valence-electron chi connectivity index (χ2n) is 4.25. The van der Waals surface area contributed by atoms with Crippen LogP contribution in [0.4, 0.5) is 0 Å². The largest absolute Gasteiger partial charge is 0.239 e. The molecule has 0 atom stereocenters. The fourth-order valence-electron chi connectivity index (χ4n) is 1.40. The van der Waals surface area contributed by atoms with E-state index in [1.165, 1.54) is 11.3 Å². The SMILES string of the molecule is CC(C)(C#N)c1nc(-c2ccccc2Cl)cs1. The minimum Gasteiger partial charge on any atom is -0.239 e. The molecule has 0 spiro atoms. The van der Waals surface area contributed by atoms with Gasteiger partial charge in [-0.15, -0.1) is 11.3 Å². The summed E-state index contributed by atoms with van der Waals surface area (Å²) in [6.07, 6.45) is 0. The quantitative estimate of drug-likeness (QED) is 0.811. The topological polar surface area (TPSA) is 36.7 Å². The van der Waals surface area contributed by atoms with Gasteiger partial charge in [0, 0.05) is 16.0 Å². The van der Waals surface area contributed by atoms with Gasteiger partial charge in [0.15, 0.2) is 0 Å². The molecule has 0 N–H and O–H groups in total. The van der Waals surface area contributed by atoms with Gasteiger partial charge in [-0.25, -0.2) is 4.98 Å². The van der Waals surface area contributed by atoms with Crippen LogP contribution in [0, 0.1) is 11.3 Å². The molecule has 0 bridgehead atoms. The highest BCUT2D eigenvalue weighted by atomic mass is 35.5. The highest BCUT2D eigenvalue weighted by Crippen LogP contribution is 2.32. The van der Waals surface area contributed by atoms with Crippen molar-refractivity contribution in [3.05, 3.63) is 39.7 Å². The van der Waals surface area contributed by atoms with E-state index in [9.17, 15) is 0 Å². The Morgan fingerprint density at radius 3 is 2.71 bits per heavy atom. The lowest BCUT2D eigenvalue weighted by atomic mass is 9.97. The van der Waals surface area contributed by atoms with Crippen LogP contribution in [-0.2, 0) is 5.41 Å². The molecule has 2 aromatic rings. The summed E-state index contributed by atoms with van der Waals surface area (Å²) in [5.41, 5.74) is 1.19. The predicted octanol–water partition coefficient (Wildman–Crippen LogP) is 4.26. The zero-order chi connectivity index (χ0) is 12.5. The third kappa shape index (κ3) is 2.33. The standard InChI is InChI=1S/C13H11ClN2S/c1-13(2,8-15)12-16-11(7-17-12)9-5-3-4-6-10(9)14/h3-7H,1-2H3. The van der Waals surface area contributed by atoms with Crippen LogP contribution in [0.3, 0.4) is 0 Å². The maximum absolute atomic E-state index is 9.07. The van der Waals surface area contributed by atoms with E-state index in [1.54, 1.807) is 0 Å². The summed E-state index contributed by atoms with van der Waals surface area (Å²) in [7, 11) is 0. The van der Waals surface area contributed by atoms with Crippen molar-refractivity contribution in [1.82, 2.24) is 4.98 Å². The number of rotatable bonds is 2. The Hall–Kier alpha value is -1.37. The lowest BCUT2D eigenvalue weighted by Crippen LogP contribution is -2.13. The Morgan fingerprint density at radius 1 is 1.35 bits per heavy atom. The van der Waals surface area contributed by atoms with Crippen LogP contribution >= 0.6 is 22.9 Å². The number of aromatic nitrogens is 1. The van der Waals surface area contributed by atoms with Gasteiger partial charge in [-0.05, 0) is 19.9 Å². The highest BCUT2D eigenvalue weighted by Gasteiger charge is 2.24. The maximum atomic E-state index is 9.07. The molecule has 2 rings (SSSR count). The van der Waals surface area contributed by atoms with Gasteiger partial charge in [0.1, 0.15) is 10.4 Å². The van der Waals surface area contributed by atoms with Crippen molar-refractivity contribution >= 4 is 22.9 Å². The summed E-state index contributed by atoms with van der Waals surface area (Å²) in [5.74, 6) is 0. The molecule has 86 valence electrons. The van der Waals surface area contributed by atoms with Crippen LogP contribution < -0.4 is 0 Å². The first-order chi connectivity index (χ1) is 8.04. The molecule has 0 aliphatic rings. The summed E-state index contributed by atoms with van der Waals surface area (Å²) in [4.78, 5) is 4.50. The Kier molecular flexibility index (Phi) is 3.19. The molecule has 0 radical (unpaired) electrons. The molecule has 2 nitrogen and oxygen atoms in total. The highest BCUT2D eigenvalue weighted by molar-refractivity contribution is 7.10. The minimum atomic E-state index is -0.551. The van der Waals surface area contributed by atoms with Crippen LogP contribution in [0.2, 0.25) is 5.02 Å². The van der Waals surface area contributed by atoms with Gasteiger partial charge in [-0.1, -0.05) is 29.8 Å². The van der Waals surface area contributed by atoms with E-state index < -0.39 is 5.41 Å². The van der Waals surface area contributed by atoms with E-state index in [0.717, 1.165) is 16.3 Å². The monoisotopic (exact) mass is 262 g/mol. The molecule has 1 aromatic carbocycles. The molecule has 0 fully saturated rings. The Balaban J connectivity index is 2.45. The first kappa shape index (κ1) is 12.1. The number of hydrogen-bond donors (Lipinski definition) is 0. The number of halogens is 1. The molecular weight excluding hydrogens is 252 g/mol. The van der Waals surface area contributed by atoms with Gasteiger partial charge in [0.2, 0.25) is 0 Å². The molecule has 1 aromatic heterocycles. The van der Waals surface area contributed by atoms with Crippen molar-refractivity contribution in [3.63, 3.8) is 0 Å². The molecule has 1 heterocycles. The lowest BCUT2D eigenvalue weighted by molar-refractivity contribution is 0.680. The molecule has 17 heavy (non-hydrogen) atoms. The number of benzene rings is 1. The number of hydrogen-bond acceptors (Lipinski definition) is 3. The zero-order valence-electron chi connectivity index (χ0n) is 9.57. The van der Waals surface area contributed by atoms with E-state index >= 15 is 0 Å². The smallest absolute Gasteiger partial charge is 0.113 e. The van der Waals surface area contributed by atoms with Crippen molar-refractivity contribution in [1.29, 1.82) is 5.26 Å². The summed E-state index contributed by atoms with van der Waals surface area (Å²) in [6.45, 7) is 3.73. The van der Waals surface area contributed by atoms with Gasteiger partial charge in [-0.3, -0.25) is 0 Å². The van der Waals surface area contributed by atoms with Gasteiger partial charge in [-0.2, -0.15) is 5.26 Å². The van der Waals surface area contributed by atoms with E-state index in [-0.39, 0.29) is 0 Å². The van der Waals surface area contributed by atoms with Gasteiger partial charge in [0.25, 0.3) is 0 Å². The van der Waals surface area contributed by atoms with E-state index in [1.807, 2.05) is 43.5 Å². The van der Waals surface area contributed by atoms with Crippen molar-refractivity contribution in [2.45, 2.75) is 19.3 Å². The van der Waals surface area contributed by atoms with E-state index in [0.29, 0.717) is 5.02 Å². The summed E-state index contributed by atoms with van der Waals surface area (Å²) < 4.78 is 0. The third-order valence-corrected chi connectivity index (χ3v) is 3.96. The van der Waals surface area contributed by atoms with Gasteiger partial charge >= 0.3 is 0 Å². The average Bonchev–Trinajstić information content (AvgIpc) is 2.79. The minimum absolute atomic E-state index is 0.551. The second-order valence-corrected chi connectivity index (χ2v) is 5.52. The molecule has 0 saturated heterocycles. The third-order valence-electron chi connectivity index (χ3n) is 2.47. The van der Waals surface area contributed by atoms with E-state index in [4.69, 9.17) is 16.9 Å². The van der Waals surface area contributed by atoms with Crippen LogP contribution in [0.15, 0.2) is 29.6 Å². The van der Waals surface area contributed by atoms with Crippen molar-refractivity contribution in [2.75, 3.05) is 0 Å². The first-order valence-corrected chi connectivity index (χ1v) is 6.42. The van der Waals surface area contributed by atoms with Crippen molar-refractivity contribution in [2.24, 2.45) is 0 Å². The summed E-state index contributed by atoms with van der Waals surface area (Å²) in [5, 5.41) is 12.5. The molecule has 4 heteroatoms. The number of thiazole rings is 1. The zero-order valence-corrected chi connectivity index (χ0v) is 11.1. The number of nitrogens with zero attached hydrogens (tertiary/aromatic N) is 2. The molecule has 0 saturated carbocycles. The van der Waals surface area contributed by atoms with Crippen molar-refractivity contribution < 1.29 is 0 Å². The summed E-state index contributed by atoms with van der Waals surface area (Å²) in [6, 6.07) is 9.84. The molecule has 0 amide bonds. The Bertz CT molecular complexity index is 581. The van der Waals surface area contributed by atoms with Crippen LogP contribution in [0.25, 0.3) is 11.3 Å². The fourth-order valence-corrected chi connectivity index (χ4v) is 2.53. The fraction of sp³-hybridized carbons (Fsp3) is 0.231. The van der Waals surface area contributed by atoms with Crippen LogP contribution in [-0.4, -0.2) is 4.98 Å². The van der Waals surface area contributed by atoms with Crippen LogP contribution in [0.5, 0.6) is 0 Å². The maximum Gasteiger partial charge on any atom is 0.113 e. The average molecular weight is 263 g/mol. The molecule has 0 aliphatic heterocycles. The lowest BCUT2D eigenvalue weighted by Gasteiger charge is -2.10. The Morgan fingerprint density at radius 2 is 2.06 bits per heavy atom. The van der Waals surface area contributed by atoms with Crippen molar-refractivity contribution in [3.8, 4) is 17.3 Å². The summed E-state index contributed by atoms with van der Waals surface area (Å²) >= 11 is 7.61. The normalized spacial score (nSPS) is 11.2. The molecular formula is C13H11ClN2S. The number of nitriles is 1. The first-order valence-electron chi connectivity index (χ1n) is 5.17. The second kappa shape index (κ2) is 4.48. The predicted molar refractivity (Wildman–Crippen MR) is 71.2 cm³/mol. The molecule has 0 unspecified atom stereocenters. The van der Waals surface area contributed by atoms with Gasteiger partial charge in [0.05, 0.1) is 11.8 Å².